The second-order valence-corrected chi connectivity index (χ2v) is 4.01. The van der Waals surface area contributed by atoms with Crippen LogP contribution in [0.3, 0.4) is 0 Å². The van der Waals surface area contributed by atoms with Crippen molar-refractivity contribution in [1.29, 1.82) is 0 Å². The van der Waals surface area contributed by atoms with Gasteiger partial charge < -0.3 is 0 Å². The molecule has 0 aliphatic carbocycles. The van der Waals surface area contributed by atoms with E-state index >= 15 is 0 Å². The maximum absolute atomic E-state index is 13.0. The molecule has 0 saturated carbocycles. The molecule has 0 aromatic heterocycles. The summed E-state index contributed by atoms with van der Waals surface area (Å²) in [5.41, 5.74) is -1.10. The Kier molecular flexibility index (Phi) is 2.69. The van der Waals surface area contributed by atoms with Crippen LogP contribution in [-0.4, -0.2) is 13.3 Å². The quantitative estimate of drug-likeness (QED) is 0.599. The topological polar surface area (TPSA) is 103 Å². The zero-order valence-corrected chi connectivity index (χ0v) is 7.79. The first-order valence-electron chi connectivity index (χ1n) is 3.40. The lowest BCUT2D eigenvalue weighted by Gasteiger charge is -2.02. The smallest absolute Gasteiger partial charge is 0.258 e. The number of primary sulfonamides is 1. The van der Waals surface area contributed by atoms with Crippen LogP contribution in [0.15, 0.2) is 17.0 Å². The summed E-state index contributed by atoms with van der Waals surface area (Å²) in [7, 11) is -4.69. The minimum absolute atomic E-state index is 0.447. The van der Waals surface area contributed by atoms with Gasteiger partial charge in [-0.2, -0.15) is 0 Å². The van der Waals surface area contributed by atoms with Gasteiger partial charge in [0.2, 0.25) is 10.0 Å². The van der Waals surface area contributed by atoms with Gasteiger partial charge in [-0.15, -0.1) is 0 Å². The van der Waals surface area contributed by atoms with Crippen molar-refractivity contribution in [2.45, 2.75) is 4.90 Å². The third-order valence-corrected chi connectivity index (χ3v) is 2.47. The van der Waals surface area contributed by atoms with E-state index in [0.29, 0.717) is 12.1 Å². The van der Waals surface area contributed by atoms with E-state index in [-0.39, 0.29) is 0 Å². The molecule has 82 valence electrons. The van der Waals surface area contributed by atoms with E-state index < -0.39 is 37.2 Å². The van der Waals surface area contributed by atoms with Crippen molar-refractivity contribution in [2.24, 2.45) is 5.14 Å². The van der Waals surface area contributed by atoms with Crippen molar-refractivity contribution in [3.63, 3.8) is 0 Å². The lowest BCUT2D eigenvalue weighted by Crippen LogP contribution is -2.17. The molecule has 1 aromatic rings. The highest BCUT2D eigenvalue weighted by atomic mass is 32.2. The summed E-state index contributed by atoms with van der Waals surface area (Å²) >= 11 is 0. The van der Waals surface area contributed by atoms with Crippen LogP contribution in [0.4, 0.5) is 14.5 Å². The van der Waals surface area contributed by atoms with Crippen molar-refractivity contribution in [2.75, 3.05) is 0 Å². The first-order chi connectivity index (χ1) is 6.75. The van der Waals surface area contributed by atoms with Crippen LogP contribution in [0, 0.1) is 21.7 Å². The predicted molar refractivity (Wildman–Crippen MR) is 44.4 cm³/mol. The number of rotatable bonds is 2. The normalized spacial score (nSPS) is 11.4. The molecule has 0 atom stereocenters. The SMILES string of the molecule is NS(=O)(=O)c1c([N+](=O)[O-])ccc(F)c1F. The Labute approximate surface area is 82.5 Å². The highest BCUT2D eigenvalue weighted by molar-refractivity contribution is 7.89. The standard InChI is InChI=1S/C6H4F2N2O4S/c7-3-1-2-4(10(11)12)6(5(3)8)15(9,13)14/h1-2H,(H2,9,13,14). The Bertz CT molecular complexity index is 528. The maximum atomic E-state index is 13.0. The van der Waals surface area contributed by atoms with Gasteiger partial charge in [0, 0.05) is 6.07 Å². The molecule has 0 spiro atoms. The third-order valence-electron chi connectivity index (χ3n) is 1.51. The number of nitro groups is 1. The fourth-order valence-electron chi connectivity index (χ4n) is 0.936. The molecule has 9 heteroatoms. The molecule has 0 radical (unpaired) electrons. The average molecular weight is 238 g/mol. The number of nitrogens with two attached hydrogens (primary N) is 1. The molecule has 0 aliphatic heterocycles. The van der Waals surface area contributed by atoms with E-state index in [1.165, 1.54) is 0 Å². The first-order valence-corrected chi connectivity index (χ1v) is 4.95. The summed E-state index contributed by atoms with van der Waals surface area (Å²) in [6.07, 6.45) is 0. The van der Waals surface area contributed by atoms with E-state index in [4.69, 9.17) is 0 Å². The van der Waals surface area contributed by atoms with E-state index in [1.54, 1.807) is 0 Å². The Balaban J connectivity index is 3.72. The number of halogens is 2. The summed E-state index contributed by atoms with van der Waals surface area (Å²) < 4.78 is 47.2. The predicted octanol–water partition coefficient (Wildman–Crippen LogP) is 0.520. The van der Waals surface area contributed by atoms with Crippen LogP contribution in [0.25, 0.3) is 0 Å². The van der Waals surface area contributed by atoms with Crippen LogP contribution < -0.4 is 5.14 Å². The van der Waals surface area contributed by atoms with Gasteiger partial charge in [-0.3, -0.25) is 10.1 Å². The van der Waals surface area contributed by atoms with Crippen molar-refractivity contribution < 1.29 is 22.1 Å². The number of nitrogens with zero attached hydrogens (tertiary/aromatic N) is 1. The van der Waals surface area contributed by atoms with Crippen molar-refractivity contribution in [3.8, 4) is 0 Å². The lowest BCUT2D eigenvalue weighted by atomic mass is 10.3. The Morgan fingerprint density at radius 3 is 2.27 bits per heavy atom. The van der Waals surface area contributed by atoms with E-state index in [9.17, 15) is 27.3 Å². The molecule has 0 aliphatic rings. The molecule has 0 bridgehead atoms. The first kappa shape index (κ1) is 11.5. The van der Waals surface area contributed by atoms with Crippen molar-refractivity contribution >= 4 is 15.7 Å². The third kappa shape index (κ3) is 2.07. The molecule has 0 heterocycles. The highest BCUT2D eigenvalue weighted by Crippen LogP contribution is 2.26. The second-order valence-electron chi connectivity index (χ2n) is 2.51. The summed E-state index contributed by atoms with van der Waals surface area (Å²) in [6.45, 7) is 0. The molecule has 0 unspecified atom stereocenters. The maximum Gasteiger partial charge on any atom is 0.292 e. The Morgan fingerprint density at radius 1 is 1.33 bits per heavy atom. The number of hydrogen-bond acceptors (Lipinski definition) is 4. The largest absolute Gasteiger partial charge is 0.292 e. The Morgan fingerprint density at radius 2 is 1.87 bits per heavy atom. The lowest BCUT2D eigenvalue weighted by molar-refractivity contribution is -0.388. The molecule has 6 nitrogen and oxygen atoms in total. The summed E-state index contributed by atoms with van der Waals surface area (Å²) in [6, 6.07) is 0.973. The van der Waals surface area contributed by atoms with Gasteiger partial charge in [0.1, 0.15) is 0 Å². The molecule has 0 amide bonds. The van der Waals surface area contributed by atoms with Crippen LogP contribution in [-0.2, 0) is 10.0 Å². The molecular weight excluding hydrogens is 234 g/mol. The van der Waals surface area contributed by atoms with Gasteiger partial charge in [0.15, 0.2) is 16.5 Å². The van der Waals surface area contributed by atoms with Crippen LogP contribution in [0.5, 0.6) is 0 Å². The summed E-state index contributed by atoms with van der Waals surface area (Å²) in [5, 5.41) is 14.9. The van der Waals surface area contributed by atoms with Gasteiger partial charge in [0.05, 0.1) is 4.92 Å². The van der Waals surface area contributed by atoms with E-state index in [2.05, 4.69) is 5.14 Å². The molecule has 1 rings (SSSR count). The minimum atomic E-state index is -4.69. The average Bonchev–Trinajstić information content (AvgIpc) is 2.06. The number of nitro benzene ring substituents is 1. The highest BCUT2D eigenvalue weighted by Gasteiger charge is 2.29. The monoisotopic (exact) mass is 238 g/mol. The summed E-state index contributed by atoms with van der Waals surface area (Å²) in [5.74, 6) is -3.38. The minimum Gasteiger partial charge on any atom is -0.258 e. The molecule has 0 fully saturated rings. The molecule has 2 N–H and O–H groups in total. The van der Waals surface area contributed by atoms with E-state index in [1.807, 2.05) is 0 Å². The van der Waals surface area contributed by atoms with Gasteiger partial charge in [0.25, 0.3) is 5.69 Å². The molecule has 1 aromatic carbocycles. The van der Waals surface area contributed by atoms with E-state index in [0.717, 1.165) is 0 Å². The molecular formula is C6H4F2N2O4S. The van der Waals surface area contributed by atoms with Crippen LogP contribution in [0.1, 0.15) is 0 Å². The number of hydrogen-bond donors (Lipinski definition) is 1. The fraction of sp³-hybridized carbons (Fsp3) is 0. The molecule has 0 saturated heterocycles. The Hall–Kier alpha value is -1.61. The van der Waals surface area contributed by atoms with Gasteiger partial charge in [-0.1, -0.05) is 0 Å². The molecule has 15 heavy (non-hydrogen) atoms. The number of sulfonamides is 1. The van der Waals surface area contributed by atoms with Crippen molar-refractivity contribution in [3.05, 3.63) is 33.9 Å². The summed E-state index contributed by atoms with van der Waals surface area (Å²) in [4.78, 5) is 7.71. The van der Waals surface area contributed by atoms with Crippen LogP contribution >= 0.6 is 0 Å². The van der Waals surface area contributed by atoms with Gasteiger partial charge >= 0.3 is 0 Å². The second kappa shape index (κ2) is 3.51. The zero-order chi connectivity index (χ0) is 11.8. The van der Waals surface area contributed by atoms with Gasteiger partial charge in [-0.05, 0) is 6.07 Å². The fourth-order valence-corrected chi connectivity index (χ4v) is 1.72. The number of benzene rings is 1. The zero-order valence-electron chi connectivity index (χ0n) is 6.98. The van der Waals surface area contributed by atoms with Gasteiger partial charge in [-0.25, -0.2) is 22.3 Å². The van der Waals surface area contributed by atoms with Crippen molar-refractivity contribution in [1.82, 2.24) is 0 Å². The van der Waals surface area contributed by atoms with Crippen LogP contribution in [0.2, 0.25) is 0 Å².